The van der Waals surface area contributed by atoms with Gasteiger partial charge in [-0.15, -0.1) is 0 Å². The van der Waals surface area contributed by atoms with Crippen molar-refractivity contribution in [2.45, 2.75) is 102 Å². The van der Waals surface area contributed by atoms with E-state index in [2.05, 4.69) is 52.3 Å². The minimum Gasteiger partial charge on any atom is -0.354 e. The molecular weight excluding hydrogens is 372 g/mol. The third kappa shape index (κ3) is 3.70. The average molecular weight is 413 g/mol. The van der Waals surface area contributed by atoms with Gasteiger partial charge in [0, 0.05) is 62.4 Å². The number of hydrogen-bond acceptors (Lipinski definition) is 6. The van der Waals surface area contributed by atoms with Crippen molar-refractivity contribution in [1.29, 1.82) is 0 Å². The molecular formula is C24H40N6. The Labute approximate surface area is 182 Å². The van der Waals surface area contributed by atoms with E-state index in [1.165, 1.54) is 38.5 Å². The minimum absolute atomic E-state index is 0.635. The normalized spacial score (nSPS) is 32.9. The van der Waals surface area contributed by atoms with Crippen LogP contribution >= 0.6 is 0 Å². The molecule has 4 bridgehead atoms. The molecule has 166 valence electrons. The average Bonchev–Trinajstić information content (AvgIpc) is 3.16. The summed E-state index contributed by atoms with van der Waals surface area (Å²) in [6.45, 7) is 13.8. The Hall–Kier alpha value is -1.40. The van der Waals surface area contributed by atoms with Crippen LogP contribution in [0.25, 0.3) is 0 Å². The number of fused-ring (bicyclic) bond motifs is 4. The summed E-state index contributed by atoms with van der Waals surface area (Å²) in [5.41, 5.74) is 0. The van der Waals surface area contributed by atoms with E-state index < -0.39 is 0 Å². The fourth-order valence-corrected chi connectivity index (χ4v) is 6.97. The van der Waals surface area contributed by atoms with Crippen LogP contribution in [-0.2, 0) is 0 Å². The first kappa shape index (κ1) is 20.5. The zero-order valence-electron chi connectivity index (χ0n) is 19.4. The molecule has 0 N–H and O–H groups in total. The Morgan fingerprint density at radius 1 is 0.667 bits per heavy atom. The zero-order chi connectivity index (χ0) is 20.8. The topological polar surface area (TPSA) is 38.7 Å². The summed E-state index contributed by atoms with van der Waals surface area (Å²) in [4.78, 5) is 20.4. The fourth-order valence-electron chi connectivity index (χ4n) is 6.97. The maximum atomic E-state index is 5.16. The van der Waals surface area contributed by atoms with Crippen molar-refractivity contribution < 1.29 is 0 Å². The lowest BCUT2D eigenvalue weighted by molar-refractivity contribution is 0.158. The van der Waals surface area contributed by atoms with Crippen LogP contribution in [0.4, 0.5) is 11.6 Å². The molecule has 6 heteroatoms. The van der Waals surface area contributed by atoms with Crippen LogP contribution in [0.5, 0.6) is 0 Å². The van der Waals surface area contributed by atoms with E-state index in [0.29, 0.717) is 24.2 Å². The van der Waals surface area contributed by atoms with E-state index in [1.54, 1.807) is 0 Å². The second-order valence-corrected chi connectivity index (χ2v) is 10.6. The van der Waals surface area contributed by atoms with Gasteiger partial charge < -0.3 is 9.80 Å². The molecule has 30 heavy (non-hydrogen) atoms. The summed E-state index contributed by atoms with van der Waals surface area (Å²) in [5.74, 6) is 2.16. The van der Waals surface area contributed by atoms with Gasteiger partial charge in [0.2, 0.25) is 0 Å². The van der Waals surface area contributed by atoms with Crippen molar-refractivity contribution in [2.24, 2.45) is 0 Å². The van der Waals surface area contributed by atoms with Gasteiger partial charge in [0.15, 0.2) is 0 Å². The molecule has 0 amide bonds. The van der Waals surface area contributed by atoms with Gasteiger partial charge in [-0.2, -0.15) is 0 Å². The van der Waals surface area contributed by atoms with Gasteiger partial charge in [-0.25, -0.2) is 4.98 Å². The van der Waals surface area contributed by atoms with E-state index in [1.807, 2.05) is 12.4 Å². The molecule has 0 saturated carbocycles. The van der Waals surface area contributed by atoms with Crippen molar-refractivity contribution in [1.82, 2.24) is 19.8 Å². The quantitative estimate of drug-likeness (QED) is 0.755. The molecule has 4 saturated heterocycles. The Balaban J connectivity index is 1.33. The molecule has 0 aliphatic carbocycles. The maximum Gasteiger partial charge on any atom is 0.149 e. The first-order chi connectivity index (χ1) is 14.5. The number of rotatable bonds is 4. The predicted molar refractivity (Wildman–Crippen MR) is 123 cm³/mol. The molecule has 0 spiro atoms. The highest BCUT2D eigenvalue weighted by Gasteiger charge is 2.40. The molecule has 1 aromatic heterocycles. The van der Waals surface area contributed by atoms with Crippen molar-refractivity contribution in [3.63, 3.8) is 0 Å². The number of anilines is 2. The molecule has 5 heterocycles. The van der Waals surface area contributed by atoms with Crippen molar-refractivity contribution in [3.8, 4) is 0 Å². The molecule has 4 aliphatic heterocycles. The van der Waals surface area contributed by atoms with Gasteiger partial charge in [0.05, 0.1) is 12.4 Å². The number of hydrogen-bond donors (Lipinski definition) is 0. The second kappa shape index (κ2) is 8.27. The van der Waals surface area contributed by atoms with Gasteiger partial charge in [0.1, 0.15) is 11.6 Å². The lowest BCUT2D eigenvalue weighted by Crippen LogP contribution is -2.43. The summed E-state index contributed by atoms with van der Waals surface area (Å²) < 4.78 is 0. The standard InChI is InChI=1S/C24H40N6/c1-17(2)29-19-5-7-21(29)15-27(11-9-19)23-13-25-14-24(26-23)28-12-10-20-6-8-22(16-28)30(20)18(3)4/h13-14,17-22H,5-12,15-16H2,1-4H3. The van der Waals surface area contributed by atoms with E-state index in [-0.39, 0.29) is 0 Å². The van der Waals surface area contributed by atoms with Crippen LogP contribution in [0.3, 0.4) is 0 Å². The van der Waals surface area contributed by atoms with E-state index >= 15 is 0 Å². The Kier molecular flexibility index (Phi) is 5.65. The smallest absolute Gasteiger partial charge is 0.149 e. The van der Waals surface area contributed by atoms with E-state index in [4.69, 9.17) is 4.98 Å². The largest absolute Gasteiger partial charge is 0.354 e. The molecule has 6 nitrogen and oxygen atoms in total. The lowest BCUT2D eigenvalue weighted by atomic mass is 10.1. The molecule has 4 unspecified atom stereocenters. The molecule has 4 fully saturated rings. The third-order valence-corrected chi connectivity index (χ3v) is 8.13. The fraction of sp³-hybridized carbons (Fsp3) is 0.833. The summed E-state index contributed by atoms with van der Waals surface area (Å²) in [5, 5.41) is 0. The Morgan fingerprint density at radius 2 is 1.10 bits per heavy atom. The summed E-state index contributed by atoms with van der Waals surface area (Å²) in [6, 6.07) is 4.10. The maximum absolute atomic E-state index is 5.16. The number of nitrogens with zero attached hydrogens (tertiary/aromatic N) is 6. The predicted octanol–water partition coefficient (Wildman–Crippen LogP) is 3.38. The molecule has 0 aromatic carbocycles. The molecule has 4 aliphatic rings. The van der Waals surface area contributed by atoms with E-state index in [0.717, 1.165) is 49.9 Å². The lowest BCUT2D eigenvalue weighted by Gasteiger charge is -2.33. The van der Waals surface area contributed by atoms with Crippen LogP contribution in [-0.4, -0.2) is 82.2 Å². The summed E-state index contributed by atoms with van der Waals surface area (Å²) in [7, 11) is 0. The monoisotopic (exact) mass is 412 g/mol. The first-order valence-electron chi connectivity index (χ1n) is 12.4. The third-order valence-electron chi connectivity index (χ3n) is 8.13. The Bertz CT molecular complexity index is 679. The van der Waals surface area contributed by atoms with Crippen LogP contribution in [0.1, 0.15) is 66.2 Å². The Morgan fingerprint density at radius 3 is 1.53 bits per heavy atom. The molecule has 5 rings (SSSR count). The SMILES string of the molecule is CC(C)N1C2CCC1CN(c1cncc(N3CCC4CCC(C3)N4C(C)C)n1)CC2. The zero-order valence-corrected chi connectivity index (χ0v) is 19.4. The molecule has 4 atom stereocenters. The van der Waals surface area contributed by atoms with Crippen LogP contribution in [0.15, 0.2) is 12.4 Å². The molecule has 1 aromatic rings. The van der Waals surface area contributed by atoms with Crippen LogP contribution in [0.2, 0.25) is 0 Å². The van der Waals surface area contributed by atoms with E-state index in [9.17, 15) is 0 Å². The highest BCUT2D eigenvalue weighted by Crippen LogP contribution is 2.35. The van der Waals surface area contributed by atoms with Gasteiger partial charge in [0.25, 0.3) is 0 Å². The minimum atomic E-state index is 0.635. The first-order valence-corrected chi connectivity index (χ1v) is 12.4. The van der Waals surface area contributed by atoms with Crippen molar-refractivity contribution in [3.05, 3.63) is 12.4 Å². The van der Waals surface area contributed by atoms with Crippen molar-refractivity contribution >= 4 is 11.6 Å². The highest BCUT2D eigenvalue weighted by molar-refractivity contribution is 5.46. The summed E-state index contributed by atoms with van der Waals surface area (Å²) >= 11 is 0. The van der Waals surface area contributed by atoms with Gasteiger partial charge >= 0.3 is 0 Å². The molecule has 0 radical (unpaired) electrons. The van der Waals surface area contributed by atoms with Crippen LogP contribution in [0, 0.1) is 0 Å². The van der Waals surface area contributed by atoms with Gasteiger partial charge in [-0.1, -0.05) is 0 Å². The van der Waals surface area contributed by atoms with Gasteiger partial charge in [-0.3, -0.25) is 14.8 Å². The van der Waals surface area contributed by atoms with Gasteiger partial charge in [-0.05, 0) is 66.2 Å². The van der Waals surface area contributed by atoms with Crippen LogP contribution < -0.4 is 9.80 Å². The number of aromatic nitrogens is 2. The summed E-state index contributed by atoms with van der Waals surface area (Å²) in [6.07, 6.45) is 11.9. The second-order valence-electron chi connectivity index (χ2n) is 10.6. The van der Waals surface area contributed by atoms with Crippen molar-refractivity contribution in [2.75, 3.05) is 36.0 Å². The highest BCUT2D eigenvalue weighted by atomic mass is 15.3.